The molecule has 3 rings (SSSR count). The molecule has 0 saturated heterocycles. The third-order valence-corrected chi connectivity index (χ3v) is 3.81. The lowest BCUT2D eigenvalue weighted by molar-refractivity contribution is 0.0963. The molecule has 0 spiro atoms. The van der Waals surface area contributed by atoms with Crippen molar-refractivity contribution in [3.8, 4) is 11.1 Å². The second kappa shape index (κ2) is 7.53. The molecule has 0 aliphatic carbocycles. The molecule has 1 N–H and O–H groups in total. The molecule has 1 aromatic heterocycles. The number of rotatable bonds is 4. The molecule has 0 bridgehead atoms. The summed E-state index contributed by atoms with van der Waals surface area (Å²) >= 11 is 0. The van der Waals surface area contributed by atoms with Gasteiger partial charge in [-0.2, -0.15) is 0 Å². The molecule has 2 aromatic carbocycles. The van der Waals surface area contributed by atoms with E-state index in [0.717, 1.165) is 22.4 Å². The van der Waals surface area contributed by atoms with Gasteiger partial charge < -0.3 is 5.32 Å². The highest BCUT2D eigenvalue weighted by Gasteiger charge is 2.07. The molecule has 0 saturated carbocycles. The van der Waals surface area contributed by atoms with E-state index >= 15 is 0 Å². The van der Waals surface area contributed by atoms with E-state index in [0.29, 0.717) is 11.4 Å². The van der Waals surface area contributed by atoms with Gasteiger partial charge in [0.2, 0.25) is 0 Å². The van der Waals surface area contributed by atoms with Crippen LogP contribution in [0, 0.1) is 6.92 Å². The molecule has 0 aliphatic rings. The number of hydrogen-bond acceptors (Lipinski definition) is 3. The van der Waals surface area contributed by atoms with Crippen LogP contribution in [0.3, 0.4) is 0 Å². The van der Waals surface area contributed by atoms with Crippen LogP contribution in [-0.4, -0.2) is 24.2 Å². The fraction of sp³-hybridized carbons (Fsp3) is 0.0952. The first-order chi connectivity index (χ1) is 12.2. The highest BCUT2D eigenvalue weighted by Crippen LogP contribution is 2.23. The minimum atomic E-state index is -0.147. The molecule has 0 unspecified atom stereocenters. The summed E-state index contributed by atoms with van der Waals surface area (Å²) in [5, 5.41) is 2.62. The van der Waals surface area contributed by atoms with Crippen LogP contribution in [0.25, 0.3) is 11.1 Å². The first kappa shape index (κ1) is 16.6. The summed E-state index contributed by atoms with van der Waals surface area (Å²) < 4.78 is 0. The SMILES string of the molecule is CNC(=O)c1cc(C)nc(N=Cc2ccccc2-c2ccccc2)c1. The zero-order chi connectivity index (χ0) is 17.6. The number of aromatic nitrogens is 1. The predicted octanol–water partition coefficient (Wildman–Crippen LogP) is 4.17. The average Bonchev–Trinajstić information content (AvgIpc) is 2.66. The summed E-state index contributed by atoms with van der Waals surface area (Å²) in [6.07, 6.45) is 1.79. The molecular weight excluding hydrogens is 310 g/mol. The van der Waals surface area contributed by atoms with Gasteiger partial charge in [0.1, 0.15) is 0 Å². The van der Waals surface area contributed by atoms with E-state index in [1.165, 1.54) is 0 Å². The Kier molecular flexibility index (Phi) is 5.00. The van der Waals surface area contributed by atoms with Crippen molar-refractivity contribution in [1.29, 1.82) is 0 Å². The fourth-order valence-electron chi connectivity index (χ4n) is 2.62. The number of carbonyl (C=O) groups is 1. The maximum absolute atomic E-state index is 11.8. The van der Waals surface area contributed by atoms with Gasteiger partial charge in [-0.05, 0) is 30.2 Å². The first-order valence-corrected chi connectivity index (χ1v) is 8.06. The van der Waals surface area contributed by atoms with E-state index in [1.807, 2.05) is 43.3 Å². The Bertz CT molecular complexity index is 917. The highest BCUT2D eigenvalue weighted by atomic mass is 16.1. The maximum atomic E-state index is 11.8. The number of benzene rings is 2. The van der Waals surface area contributed by atoms with Crippen molar-refractivity contribution >= 4 is 17.9 Å². The topological polar surface area (TPSA) is 54.4 Å². The van der Waals surface area contributed by atoms with Gasteiger partial charge in [-0.1, -0.05) is 54.6 Å². The van der Waals surface area contributed by atoms with Crippen LogP contribution in [0.15, 0.2) is 71.7 Å². The lowest BCUT2D eigenvalue weighted by atomic mass is 10.0. The van der Waals surface area contributed by atoms with Gasteiger partial charge in [0.15, 0.2) is 5.82 Å². The highest BCUT2D eigenvalue weighted by molar-refractivity contribution is 5.95. The van der Waals surface area contributed by atoms with Gasteiger partial charge in [-0.25, -0.2) is 9.98 Å². The minimum absolute atomic E-state index is 0.147. The zero-order valence-corrected chi connectivity index (χ0v) is 14.2. The molecule has 0 atom stereocenters. The van der Waals surface area contributed by atoms with Crippen LogP contribution in [0.1, 0.15) is 21.6 Å². The zero-order valence-electron chi connectivity index (χ0n) is 14.2. The maximum Gasteiger partial charge on any atom is 0.251 e. The lowest BCUT2D eigenvalue weighted by Crippen LogP contribution is -2.17. The van der Waals surface area contributed by atoms with Crippen molar-refractivity contribution < 1.29 is 4.79 Å². The van der Waals surface area contributed by atoms with Crippen molar-refractivity contribution in [2.24, 2.45) is 4.99 Å². The Morgan fingerprint density at radius 1 is 1.04 bits per heavy atom. The van der Waals surface area contributed by atoms with Crippen molar-refractivity contribution in [3.63, 3.8) is 0 Å². The average molecular weight is 329 g/mol. The van der Waals surface area contributed by atoms with Crippen LogP contribution in [0.5, 0.6) is 0 Å². The number of aryl methyl sites for hydroxylation is 1. The summed E-state index contributed by atoms with van der Waals surface area (Å²) in [6, 6.07) is 21.7. The quantitative estimate of drug-likeness (QED) is 0.731. The standard InChI is InChI=1S/C21H19N3O/c1-15-12-18(21(25)22-2)13-20(24-15)23-14-17-10-6-7-11-19(17)16-8-4-3-5-9-16/h3-14H,1-2H3,(H,22,25). The summed E-state index contributed by atoms with van der Waals surface area (Å²) in [5.41, 5.74) is 4.54. The van der Waals surface area contributed by atoms with Crippen molar-refractivity contribution in [3.05, 3.63) is 83.6 Å². The normalized spacial score (nSPS) is 10.8. The molecule has 4 nitrogen and oxygen atoms in total. The summed E-state index contributed by atoms with van der Waals surface area (Å²) in [6.45, 7) is 1.85. The molecule has 1 heterocycles. The largest absolute Gasteiger partial charge is 0.355 e. The van der Waals surface area contributed by atoms with E-state index in [-0.39, 0.29) is 5.91 Å². The number of amides is 1. The van der Waals surface area contributed by atoms with Gasteiger partial charge in [0, 0.05) is 30.1 Å². The molecule has 0 fully saturated rings. The minimum Gasteiger partial charge on any atom is -0.355 e. The number of nitrogens with zero attached hydrogens (tertiary/aromatic N) is 2. The fourth-order valence-corrected chi connectivity index (χ4v) is 2.62. The third-order valence-electron chi connectivity index (χ3n) is 3.81. The van der Waals surface area contributed by atoms with Gasteiger partial charge in [-0.15, -0.1) is 0 Å². The third kappa shape index (κ3) is 3.98. The van der Waals surface area contributed by atoms with Crippen molar-refractivity contribution in [1.82, 2.24) is 10.3 Å². The van der Waals surface area contributed by atoms with Crippen LogP contribution < -0.4 is 5.32 Å². The monoisotopic (exact) mass is 329 g/mol. The molecule has 124 valence electrons. The van der Waals surface area contributed by atoms with E-state index in [4.69, 9.17) is 0 Å². The Hall–Kier alpha value is -3.27. The summed E-state index contributed by atoms with van der Waals surface area (Å²) in [4.78, 5) is 20.7. The molecule has 3 aromatic rings. The number of nitrogens with one attached hydrogen (secondary N) is 1. The smallest absolute Gasteiger partial charge is 0.251 e. The molecule has 0 aliphatic heterocycles. The van der Waals surface area contributed by atoms with Crippen molar-refractivity contribution in [2.75, 3.05) is 7.05 Å². The van der Waals surface area contributed by atoms with Gasteiger partial charge >= 0.3 is 0 Å². The lowest BCUT2D eigenvalue weighted by Gasteiger charge is -2.06. The number of carbonyl (C=O) groups excluding carboxylic acids is 1. The van der Waals surface area contributed by atoms with Crippen LogP contribution in [0.4, 0.5) is 5.82 Å². The summed E-state index contributed by atoms with van der Waals surface area (Å²) in [7, 11) is 1.61. The van der Waals surface area contributed by atoms with E-state index < -0.39 is 0 Å². The van der Waals surface area contributed by atoms with E-state index in [1.54, 1.807) is 25.4 Å². The molecule has 25 heavy (non-hydrogen) atoms. The van der Waals surface area contributed by atoms with Crippen LogP contribution in [0.2, 0.25) is 0 Å². The second-order valence-electron chi connectivity index (χ2n) is 5.65. The first-order valence-electron chi connectivity index (χ1n) is 8.06. The van der Waals surface area contributed by atoms with E-state index in [2.05, 4.69) is 33.5 Å². The molecule has 0 radical (unpaired) electrons. The van der Waals surface area contributed by atoms with Gasteiger partial charge in [0.05, 0.1) is 0 Å². The van der Waals surface area contributed by atoms with Crippen LogP contribution in [-0.2, 0) is 0 Å². The molecule has 1 amide bonds. The Balaban J connectivity index is 1.96. The number of hydrogen-bond donors (Lipinski definition) is 1. The van der Waals surface area contributed by atoms with Gasteiger partial charge in [0.25, 0.3) is 5.91 Å². The predicted molar refractivity (Wildman–Crippen MR) is 101 cm³/mol. The Morgan fingerprint density at radius 2 is 1.76 bits per heavy atom. The summed E-state index contributed by atoms with van der Waals surface area (Å²) in [5.74, 6) is 0.369. The molecular formula is C21H19N3O. The van der Waals surface area contributed by atoms with Gasteiger partial charge in [-0.3, -0.25) is 4.79 Å². The van der Waals surface area contributed by atoms with E-state index in [9.17, 15) is 4.79 Å². The molecule has 4 heteroatoms. The second-order valence-corrected chi connectivity index (χ2v) is 5.65. The Morgan fingerprint density at radius 3 is 2.52 bits per heavy atom. The van der Waals surface area contributed by atoms with Crippen LogP contribution >= 0.6 is 0 Å². The number of pyridine rings is 1. The van der Waals surface area contributed by atoms with Crippen molar-refractivity contribution in [2.45, 2.75) is 6.92 Å². The number of aliphatic imine (C=N–C) groups is 1. The Labute approximate surface area is 147 Å².